The standard InChI is InChI=1S/C34H68N2/c1-3-5-7-9-11-13-14-15-16-17-18-19-20-22-24-26-30-35(33-34-36-31-27-28-32-36)29-25-23-21-12-10-8-6-4-2/h15-16H,3-14,17-34H2,1-2H3/b16-15-. The highest BCUT2D eigenvalue weighted by atomic mass is 15.2. The van der Waals surface area contributed by atoms with Gasteiger partial charge in [-0.2, -0.15) is 0 Å². The Hall–Kier alpha value is -0.340. The van der Waals surface area contributed by atoms with Crippen LogP contribution in [0.2, 0.25) is 0 Å². The van der Waals surface area contributed by atoms with E-state index in [1.165, 1.54) is 193 Å². The Labute approximate surface area is 229 Å². The van der Waals surface area contributed by atoms with Crippen molar-refractivity contribution in [1.29, 1.82) is 0 Å². The quantitative estimate of drug-likeness (QED) is 0.0772. The highest BCUT2D eigenvalue weighted by Crippen LogP contribution is 2.13. The second-order valence-electron chi connectivity index (χ2n) is 11.8. The Kier molecular flexibility index (Phi) is 25.9. The first kappa shape index (κ1) is 33.7. The first-order chi connectivity index (χ1) is 17.9. The van der Waals surface area contributed by atoms with E-state index in [-0.39, 0.29) is 0 Å². The summed E-state index contributed by atoms with van der Waals surface area (Å²) in [4.78, 5) is 5.51. The molecule has 2 heteroatoms. The molecule has 0 saturated carbocycles. The largest absolute Gasteiger partial charge is 0.302 e. The maximum Gasteiger partial charge on any atom is 0.0109 e. The van der Waals surface area contributed by atoms with Crippen molar-refractivity contribution < 1.29 is 0 Å². The van der Waals surface area contributed by atoms with Gasteiger partial charge in [0.15, 0.2) is 0 Å². The summed E-state index contributed by atoms with van der Waals surface area (Å²) in [5.74, 6) is 0. The molecule has 0 aromatic heterocycles. The van der Waals surface area contributed by atoms with Crippen LogP contribution in [0.5, 0.6) is 0 Å². The third-order valence-corrected chi connectivity index (χ3v) is 8.25. The molecule has 0 bridgehead atoms. The summed E-state index contributed by atoms with van der Waals surface area (Å²) >= 11 is 0. The average Bonchev–Trinajstić information content (AvgIpc) is 3.41. The summed E-state index contributed by atoms with van der Waals surface area (Å²) in [6.07, 6.45) is 38.9. The molecule has 1 fully saturated rings. The van der Waals surface area contributed by atoms with Crippen LogP contribution in [0.4, 0.5) is 0 Å². The van der Waals surface area contributed by atoms with Crippen LogP contribution in [0.15, 0.2) is 12.2 Å². The second-order valence-corrected chi connectivity index (χ2v) is 11.8. The SMILES string of the molecule is CCCCCCCC/C=C\CCCCCCCCN(CCCCCCCCCC)CCN1CCCC1. The lowest BCUT2D eigenvalue weighted by molar-refractivity contribution is 0.217. The van der Waals surface area contributed by atoms with Gasteiger partial charge in [0, 0.05) is 13.1 Å². The van der Waals surface area contributed by atoms with Gasteiger partial charge in [-0.1, -0.05) is 129 Å². The molecule has 0 atom stereocenters. The zero-order valence-electron chi connectivity index (χ0n) is 25.3. The van der Waals surface area contributed by atoms with Crippen molar-refractivity contribution >= 4 is 0 Å². The normalized spacial score (nSPS) is 14.6. The molecular weight excluding hydrogens is 436 g/mol. The molecule has 1 aliphatic heterocycles. The Balaban J connectivity index is 1.99. The van der Waals surface area contributed by atoms with Crippen molar-refractivity contribution in [1.82, 2.24) is 9.80 Å². The fourth-order valence-electron chi connectivity index (χ4n) is 5.68. The fraction of sp³-hybridized carbons (Fsp3) is 0.941. The van der Waals surface area contributed by atoms with E-state index in [9.17, 15) is 0 Å². The molecule has 0 aromatic carbocycles. The summed E-state index contributed by atoms with van der Waals surface area (Å²) in [6, 6.07) is 0. The third-order valence-electron chi connectivity index (χ3n) is 8.25. The zero-order valence-corrected chi connectivity index (χ0v) is 25.3. The number of unbranched alkanes of at least 4 members (excludes halogenated alkanes) is 19. The monoisotopic (exact) mass is 505 g/mol. The minimum Gasteiger partial charge on any atom is -0.302 e. The molecule has 0 aliphatic carbocycles. The first-order valence-electron chi connectivity index (χ1n) is 17.0. The van der Waals surface area contributed by atoms with E-state index in [4.69, 9.17) is 0 Å². The van der Waals surface area contributed by atoms with Gasteiger partial charge >= 0.3 is 0 Å². The van der Waals surface area contributed by atoms with Crippen LogP contribution in [0, 0.1) is 0 Å². The van der Waals surface area contributed by atoms with Crippen molar-refractivity contribution in [2.75, 3.05) is 39.3 Å². The van der Waals surface area contributed by atoms with Crippen LogP contribution in [0.1, 0.15) is 168 Å². The first-order valence-corrected chi connectivity index (χ1v) is 17.0. The molecule has 0 amide bonds. The Bertz CT molecular complexity index is 440. The Morgan fingerprint density at radius 3 is 1.31 bits per heavy atom. The summed E-state index contributed by atoms with van der Waals surface area (Å²) in [5.41, 5.74) is 0. The van der Waals surface area contributed by atoms with Crippen molar-refractivity contribution in [3.63, 3.8) is 0 Å². The molecule has 214 valence electrons. The lowest BCUT2D eigenvalue weighted by atomic mass is 10.1. The van der Waals surface area contributed by atoms with Gasteiger partial charge in [0.2, 0.25) is 0 Å². The maximum atomic E-state index is 2.81. The van der Waals surface area contributed by atoms with E-state index < -0.39 is 0 Å². The molecule has 1 heterocycles. The summed E-state index contributed by atoms with van der Waals surface area (Å²) in [7, 11) is 0. The van der Waals surface area contributed by atoms with Crippen LogP contribution in [0.25, 0.3) is 0 Å². The van der Waals surface area contributed by atoms with Crippen LogP contribution in [0.3, 0.4) is 0 Å². The van der Waals surface area contributed by atoms with Gasteiger partial charge in [0.1, 0.15) is 0 Å². The van der Waals surface area contributed by atoms with Gasteiger partial charge in [-0.15, -0.1) is 0 Å². The molecular formula is C34H68N2. The van der Waals surface area contributed by atoms with Crippen LogP contribution in [-0.4, -0.2) is 49.1 Å². The highest BCUT2D eigenvalue weighted by Gasteiger charge is 2.13. The predicted octanol–water partition coefficient (Wildman–Crippen LogP) is 10.6. The minimum atomic E-state index is 1.30. The molecule has 0 spiro atoms. The Morgan fingerprint density at radius 1 is 0.472 bits per heavy atom. The smallest absolute Gasteiger partial charge is 0.0109 e. The number of rotatable bonds is 28. The topological polar surface area (TPSA) is 6.48 Å². The van der Waals surface area contributed by atoms with Crippen molar-refractivity contribution in [3.8, 4) is 0 Å². The molecule has 36 heavy (non-hydrogen) atoms. The molecule has 1 rings (SSSR count). The van der Waals surface area contributed by atoms with Crippen LogP contribution < -0.4 is 0 Å². The number of nitrogens with zero attached hydrogens (tertiary/aromatic N) is 2. The third kappa shape index (κ3) is 22.8. The highest BCUT2D eigenvalue weighted by molar-refractivity contribution is 4.81. The maximum absolute atomic E-state index is 2.81. The molecule has 1 saturated heterocycles. The fourth-order valence-corrected chi connectivity index (χ4v) is 5.68. The zero-order chi connectivity index (χ0) is 25.8. The van der Waals surface area contributed by atoms with Crippen molar-refractivity contribution in [2.45, 2.75) is 168 Å². The van der Waals surface area contributed by atoms with Crippen molar-refractivity contribution in [3.05, 3.63) is 12.2 Å². The number of hydrogen-bond acceptors (Lipinski definition) is 2. The molecule has 0 unspecified atom stereocenters. The molecule has 0 aromatic rings. The Morgan fingerprint density at radius 2 is 0.861 bits per heavy atom. The van der Waals surface area contributed by atoms with E-state index in [1.807, 2.05) is 0 Å². The van der Waals surface area contributed by atoms with Crippen LogP contribution >= 0.6 is 0 Å². The molecule has 1 aliphatic rings. The lowest BCUT2D eigenvalue weighted by Gasteiger charge is -2.25. The summed E-state index contributed by atoms with van der Waals surface area (Å²) in [6.45, 7) is 12.6. The molecule has 0 radical (unpaired) electrons. The summed E-state index contributed by atoms with van der Waals surface area (Å²) in [5, 5.41) is 0. The minimum absolute atomic E-state index is 1.30. The number of likely N-dealkylation sites (tertiary alicyclic amines) is 1. The van der Waals surface area contributed by atoms with E-state index in [0.29, 0.717) is 0 Å². The number of allylic oxidation sites excluding steroid dienone is 2. The molecule has 0 N–H and O–H groups in total. The van der Waals surface area contributed by atoms with Crippen molar-refractivity contribution in [2.24, 2.45) is 0 Å². The van der Waals surface area contributed by atoms with Gasteiger partial charge in [-0.3, -0.25) is 0 Å². The van der Waals surface area contributed by atoms with Gasteiger partial charge in [-0.25, -0.2) is 0 Å². The second kappa shape index (κ2) is 27.7. The van der Waals surface area contributed by atoms with E-state index in [0.717, 1.165) is 0 Å². The number of hydrogen-bond donors (Lipinski definition) is 0. The lowest BCUT2D eigenvalue weighted by Crippen LogP contribution is -2.35. The van der Waals surface area contributed by atoms with E-state index in [2.05, 4.69) is 35.8 Å². The summed E-state index contributed by atoms with van der Waals surface area (Å²) < 4.78 is 0. The van der Waals surface area contributed by atoms with Gasteiger partial charge in [0.25, 0.3) is 0 Å². The van der Waals surface area contributed by atoms with Gasteiger partial charge in [-0.05, 0) is 77.5 Å². The predicted molar refractivity (Wildman–Crippen MR) is 164 cm³/mol. The van der Waals surface area contributed by atoms with E-state index >= 15 is 0 Å². The van der Waals surface area contributed by atoms with E-state index in [1.54, 1.807) is 0 Å². The van der Waals surface area contributed by atoms with Gasteiger partial charge < -0.3 is 9.80 Å². The van der Waals surface area contributed by atoms with Gasteiger partial charge in [0.05, 0.1) is 0 Å². The molecule has 2 nitrogen and oxygen atoms in total. The van der Waals surface area contributed by atoms with Crippen LogP contribution in [-0.2, 0) is 0 Å². The average molecular weight is 505 g/mol.